The molecular weight excluding hydrogens is 191 g/mol. The number of rotatable bonds is 2. The Hall–Kier alpha value is -0.250. The molecule has 2 N–H and O–H groups in total. The third-order valence-corrected chi connectivity index (χ3v) is 3.31. The maximum Gasteiger partial charge on any atom is 0.391 e. The maximum absolute atomic E-state index is 12.3. The van der Waals surface area contributed by atoms with Gasteiger partial charge in [-0.3, -0.25) is 0 Å². The molecule has 1 saturated carbocycles. The van der Waals surface area contributed by atoms with Crippen molar-refractivity contribution >= 4 is 0 Å². The molecule has 1 nitrogen and oxygen atoms in total. The van der Waals surface area contributed by atoms with Crippen molar-refractivity contribution in [3.63, 3.8) is 0 Å². The predicted octanol–water partition coefficient (Wildman–Crippen LogP) is 3.09. The Kier molecular flexibility index (Phi) is 3.81. The van der Waals surface area contributed by atoms with Crippen molar-refractivity contribution in [2.24, 2.45) is 17.6 Å². The minimum absolute atomic E-state index is 0.0872. The van der Waals surface area contributed by atoms with E-state index in [1.807, 2.05) is 6.92 Å². The first-order valence-electron chi connectivity index (χ1n) is 5.27. The first kappa shape index (κ1) is 11.8. The maximum atomic E-state index is 12.3. The lowest BCUT2D eigenvalue weighted by Crippen LogP contribution is -2.35. The Morgan fingerprint density at radius 2 is 1.71 bits per heavy atom. The summed E-state index contributed by atoms with van der Waals surface area (Å²) in [7, 11) is 0. The van der Waals surface area contributed by atoms with Crippen LogP contribution >= 0.6 is 0 Å². The average molecular weight is 209 g/mol. The van der Waals surface area contributed by atoms with Gasteiger partial charge in [-0.15, -0.1) is 0 Å². The summed E-state index contributed by atoms with van der Waals surface area (Å²) in [5, 5.41) is 0. The Morgan fingerprint density at radius 3 is 2.07 bits per heavy atom. The molecule has 0 radical (unpaired) electrons. The van der Waals surface area contributed by atoms with Gasteiger partial charge in [-0.2, -0.15) is 13.2 Å². The highest BCUT2D eigenvalue weighted by Gasteiger charge is 2.41. The van der Waals surface area contributed by atoms with Gasteiger partial charge in [0, 0.05) is 6.04 Å². The van der Waals surface area contributed by atoms with Crippen LogP contribution in [-0.4, -0.2) is 12.2 Å². The molecule has 0 saturated heterocycles. The highest BCUT2D eigenvalue weighted by Crippen LogP contribution is 2.40. The molecule has 84 valence electrons. The molecule has 0 heterocycles. The monoisotopic (exact) mass is 209 g/mol. The first-order chi connectivity index (χ1) is 6.45. The highest BCUT2D eigenvalue weighted by molar-refractivity contribution is 4.81. The van der Waals surface area contributed by atoms with Crippen molar-refractivity contribution in [2.75, 3.05) is 0 Å². The third-order valence-electron chi connectivity index (χ3n) is 3.31. The lowest BCUT2D eigenvalue weighted by Gasteiger charge is -2.32. The van der Waals surface area contributed by atoms with E-state index in [1.165, 1.54) is 0 Å². The molecule has 4 heteroatoms. The Balaban J connectivity index is 2.39. The molecule has 1 fully saturated rings. The van der Waals surface area contributed by atoms with Gasteiger partial charge in [-0.25, -0.2) is 0 Å². The molecule has 0 aromatic heterocycles. The van der Waals surface area contributed by atoms with E-state index in [4.69, 9.17) is 5.73 Å². The molecule has 0 amide bonds. The van der Waals surface area contributed by atoms with Crippen molar-refractivity contribution in [1.82, 2.24) is 0 Å². The zero-order valence-electron chi connectivity index (χ0n) is 8.48. The summed E-state index contributed by atoms with van der Waals surface area (Å²) in [6.07, 6.45) is -1.33. The van der Waals surface area contributed by atoms with Crippen molar-refractivity contribution in [1.29, 1.82) is 0 Å². The zero-order valence-corrected chi connectivity index (χ0v) is 8.48. The number of halogens is 3. The predicted molar refractivity (Wildman–Crippen MR) is 49.8 cm³/mol. The molecule has 0 aliphatic heterocycles. The summed E-state index contributed by atoms with van der Waals surface area (Å²) < 4.78 is 37.0. The second-order valence-corrected chi connectivity index (χ2v) is 4.23. The summed E-state index contributed by atoms with van der Waals surface area (Å²) in [6, 6.07) is 0.0872. The second-order valence-electron chi connectivity index (χ2n) is 4.23. The summed E-state index contributed by atoms with van der Waals surface area (Å²) in [5.74, 6) is -0.776. The van der Waals surface area contributed by atoms with E-state index < -0.39 is 12.1 Å². The van der Waals surface area contributed by atoms with Gasteiger partial charge < -0.3 is 5.73 Å². The SMILES string of the molecule is CCC(N)C1CCC(C(F)(F)F)CC1. The summed E-state index contributed by atoms with van der Waals surface area (Å²) >= 11 is 0. The Morgan fingerprint density at radius 1 is 1.21 bits per heavy atom. The van der Waals surface area contributed by atoms with Crippen LogP contribution in [-0.2, 0) is 0 Å². The van der Waals surface area contributed by atoms with Crippen molar-refractivity contribution < 1.29 is 13.2 Å². The summed E-state index contributed by atoms with van der Waals surface area (Å²) in [4.78, 5) is 0. The van der Waals surface area contributed by atoms with Crippen LogP contribution in [0.15, 0.2) is 0 Å². The van der Waals surface area contributed by atoms with Gasteiger partial charge in [0.2, 0.25) is 0 Å². The van der Waals surface area contributed by atoms with Gasteiger partial charge in [0.1, 0.15) is 0 Å². The highest BCUT2D eigenvalue weighted by atomic mass is 19.4. The second kappa shape index (κ2) is 4.51. The fourth-order valence-electron chi connectivity index (χ4n) is 2.21. The van der Waals surface area contributed by atoms with Crippen LogP contribution in [0, 0.1) is 11.8 Å². The molecule has 0 aromatic carbocycles. The van der Waals surface area contributed by atoms with Crippen molar-refractivity contribution in [3.05, 3.63) is 0 Å². The molecule has 1 aliphatic carbocycles. The summed E-state index contributed by atoms with van der Waals surface area (Å²) in [5.41, 5.74) is 5.82. The fraction of sp³-hybridized carbons (Fsp3) is 1.00. The van der Waals surface area contributed by atoms with Crippen LogP contribution in [0.3, 0.4) is 0 Å². The van der Waals surface area contributed by atoms with Crippen LogP contribution in [0.2, 0.25) is 0 Å². The van der Waals surface area contributed by atoms with Crippen LogP contribution in [0.1, 0.15) is 39.0 Å². The van der Waals surface area contributed by atoms with Gasteiger partial charge in [-0.1, -0.05) is 6.92 Å². The zero-order chi connectivity index (χ0) is 10.8. The molecule has 14 heavy (non-hydrogen) atoms. The van der Waals surface area contributed by atoms with Crippen molar-refractivity contribution in [3.8, 4) is 0 Å². The smallest absolute Gasteiger partial charge is 0.327 e. The lowest BCUT2D eigenvalue weighted by atomic mass is 9.78. The molecular formula is C10H18F3N. The third kappa shape index (κ3) is 2.87. The van der Waals surface area contributed by atoms with Crippen LogP contribution in [0.5, 0.6) is 0 Å². The topological polar surface area (TPSA) is 26.0 Å². The molecule has 1 atom stereocenters. The standard InChI is InChI=1S/C10H18F3N/c1-2-9(14)7-3-5-8(6-4-7)10(11,12)13/h7-9H,2-6,14H2,1H3. The van der Waals surface area contributed by atoms with E-state index >= 15 is 0 Å². The van der Waals surface area contributed by atoms with E-state index in [2.05, 4.69) is 0 Å². The van der Waals surface area contributed by atoms with E-state index in [0.717, 1.165) is 6.42 Å². The first-order valence-corrected chi connectivity index (χ1v) is 5.27. The molecule has 0 bridgehead atoms. The van der Waals surface area contributed by atoms with Gasteiger partial charge in [0.15, 0.2) is 0 Å². The van der Waals surface area contributed by atoms with E-state index in [9.17, 15) is 13.2 Å². The van der Waals surface area contributed by atoms with Crippen LogP contribution in [0.25, 0.3) is 0 Å². The van der Waals surface area contributed by atoms with Crippen LogP contribution in [0.4, 0.5) is 13.2 Å². The van der Waals surface area contributed by atoms with Gasteiger partial charge in [0.25, 0.3) is 0 Å². The molecule has 0 aromatic rings. The van der Waals surface area contributed by atoms with Gasteiger partial charge in [0.05, 0.1) is 5.92 Å². The van der Waals surface area contributed by atoms with Crippen molar-refractivity contribution in [2.45, 2.75) is 51.2 Å². The number of alkyl halides is 3. The number of hydrogen-bond donors (Lipinski definition) is 1. The summed E-state index contributed by atoms with van der Waals surface area (Å²) in [6.45, 7) is 1.99. The fourth-order valence-corrected chi connectivity index (χ4v) is 2.21. The molecule has 1 rings (SSSR count). The normalized spacial score (nSPS) is 31.5. The minimum Gasteiger partial charge on any atom is -0.327 e. The molecule has 1 unspecified atom stereocenters. The Labute approximate surface area is 82.9 Å². The number of hydrogen-bond acceptors (Lipinski definition) is 1. The van der Waals surface area contributed by atoms with E-state index in [0.29, 0.717) is 18.8 Å². The average Bonchev–Trinajstić information content (AvgIpc) is 2.15. The molecule has 1 aliphatic rings. The van der Waals surface area contributed by atoms with E-state index in [-0.39, 0.29) is 18.9 Å². The quantitative estimate of drug-likeness (QED) is 0.743. The minimum atomic E-state index is -4.00. The molecule has 0 spiro atoms. The largest absolute Gasteiger partial charge is 0.391 e. The number of nitrogens with two attached hydrogens (primary N) is 1. The van der Waals surface area contributed by atoms with Crippen LogP contribution < -0.4 is 5.73 Å². The van der Waals surface area contributed by atoms with E-state index in [1.54, 1.807) is 0 Å². The Bertz CT molecular complexity index is 171. The van der Waals surface area contributed by atoms with Gasteiger partial charge in [-0.05, 0) is 38.0 Å². The van der Waals surface area contributed by atoms with Gasteiger partial charge >= 0.3 is 6.18 Å². The lowest BCUT2D eigenvalue weighted by molar-refractivity contribution is -0.184.